The summed E-state index contributed by atoms with van der Waals surface area (Å²) in [6.45, 7) is -0.223. The normalized spacial score (nSPS) is 22.8. The molecule has 2 aromatic rings. The van der Waals surface area contributed by atoms with Crippen molar-refractivity contribution in [1.82, 2.24) is 0 Å². The van der Waals surface area contributed by atoms with Crippen LogP contribution in [-0.4, -0.2) is 18.5 Å². The summed E-state index contributed by atoms with van der Waals surface area (Å²) >= 11 is 0. The van der Waals surface area contributed by atoms with Gasteiger partial charge in [-0.05, 0) is 60.6 Å². The smallest absolute Gasteiger partial charge is 0.306 e. The molecule has 4 nitrogen and oxygen atoms in total. The molecule has 1 N–H and O–H groups in total. The minimum absolute atomic E-state index is 0.223. The molecule has 0 aliphatic heterocycles. The molecule has 0 unspecified atom stereocenters. The van der Waals surface area contributed by atoms with Crippen LogP contribution in [0.15, 0.2) is 54.6 Å². The predicted octanol–water partition coefficient (Wildman–Crippen LogP) is 4.59. The van der Waals surface area contributed by atoms with Crippen molar-refractivity contribution in [1.29, 1.82) is 0 Å². The molecule has 0 radical (unpaired) electrons. The van der Waals surface area contributed by atoms with E-state index in [1.807, 2.05) is 42.5 Å². The molecule has 2 aromatic carbocycles. The Morgan fingerprint density at radius 1 is 0.964 bits per heavy atom. The Labute approximate surface area is 166 Å². The third-order valence-corrected chi connectivity index (χ3v) is 6.21. The first-order valence-electron chi connectivity index (χ1n) is 10.2. The van der Waals surface area contributed by atoms with Gasteiger partial charge in [0, 0.05) is 12.1 Å². The number of carbonyl (C=O) groups excluding carboxylic acids is 2. The minimum Gasteiger partial charge on any atom is -0.456 e. The molecule has 0 aromatic heterocycles. The van der Waals surface area contributed by atoms with E-state index in [0.717, 1.165) is 30.0 Å². The van der Waals surface area contributed by atoms with Crippen LogP contribution in [0, 0.1) is 17.8 Å². The van der Waals surface area contributed by atoms with Gasteiger partial charge < -0.3 is 10.1 Å². The molecule has 2 bridgehead atoms. The second-order valence-electron chi connectivity index (χ2n) is 8.17. The number of benzene rings is 2. The summed E-state index contributed by atoms with van der Waals surface area (Å²) in [5.74, 6) is 1.43. The molecule has 28 heavy (non-hydrogen) atoms. The van der Waals surface area contributed by atoms with Crippen molar-refractivity contribution < 1.29 is 14.3 Å². The first kappa shape index (κ1) is 18.7. The topological polar surface area (TPSA) is 55.4 Å². The predicted molar refractivity (Wildman–Crippen MR) is 109 cm³/mol. The van der Waals surface area contributed by atoms with Crippen LogP contribution < -0.4 is 5.32 Å². The number of hydrogen-bond donors (Lipinski definition) is 1. The Kier molecular flexibility index (Phi) is 5.75. The zero-order chi connectivity index (χ0) is 19.3. The quantitative estimate of drug-likeness (QED) is 0.718. The van der Waals surface area contributed by atoms with Gasteiger partial charge in [-0.3, -0.25) is 9.59 Å². The summed E-state index contributed by atoms with van der Waals surface area (Å²) in [6.07, 6.45) is 6.19. The molecule has 0 saturated heterocycles. The second-order valence-corrected chi connectivity index (χ2v) is 8.17. The van der Waals surface area contributed by atoms with Gasteiger partial charge in [-0.15, -0.1) is 0 Å². The largest absolute Gasteiger partial charge is 0.456 e. The van der Waals surface area contributed by atoms with Gasteiger partial charge in [0.25, 0.3) is 5.91 Å². The number of ether oxygens (including phenoxy) is 1. The Hall–Kier alpha value is -2.62. The number of nitrogens with one attached hydrogen (secondary N) is 1. The highest BCUT2D eigenvalue weighted by atomic mass is 16.5. The van der Waals surface area contributed by atoms with Crippen LogP contribution in [0.4, 0.5) is 5.69 Å². The van der Waals surface area contributed by atoms with Crippen molar-refractivity contribution in [3.8, 4) is 0 Å². The maximum Gasteiger partial charge on any atom is 0.306 e. The van der Waals surface area contributed by atoms with E-state index in [0.29, 0.717) is 18.3 Å². The first-order valence-corrected chi connectivity index (χ1v) is 10.2. The number of amides is 1. The fourth-order valence-corrected chi connectivity index (χ4v) is 4.84. The van der Waals surface area contributed by atoms with Crippen molar-refractivity contribution in [2.24, 2.45) is 17.8 Å². The summed E-state index contributed by atoms with van der Waals surface area (Å²) in [6, 6.07) is 17.9. The van der Waals surface area contributed by atoms with E-state index in [4.69, 9.17) is 4.74 Å². The molecule has 1 amide bonds. The molecule has 2 aliphatic carbocycles. The number of rotatable bonds is 7. The third-order valence-electron chi connectivity index (χ3n) is 6.21. The highest BCUT2D eigenvalue weighted by Gasteiger charge is 2.40. The minimum atomic E-state index is -0.290. The molecule has 0 spiro atoms. The van der Waals surface area contributed by atoms with Crippen LogP contribution in [-0.2, 0) is 20.7 Å². The highest BCUT2D eigenvalue weighted by molar-refractivity contribution is 5.93. The number of hydrogen-bond acceptors (Lipinski definition) is 3. The molecule has 2 aliphatic rings. The lowest BCUT2D eigenvalue weighted by molar-refractivity contribution is -0.148. The fourth-order valence-electron chi connectivity index (χ4n) is 4.84. The zero-order valence-corrected chi connectivity index (χ0v) is 16.1. The van der Waals surface area contributed by atoms with Gasteiger partial charge in [-0.1, -0.05) is 55.0 Å². The number of carbonyl (C=O) groups is 2. The molecular formula is C24H27NO3. The number of esters is 1. The summed E-state index contributed by atoms with van der Waals surface area (Å²) < 4.78 is 5.25. The molecule has 146 valence electrons. The van der Waals surface area contributed by atoms with Crippen molar-refractivity contribution >= 4 is 17.6 Å². The van der Waals surface area contributed by atoms with E-state index in [1.54, 1.807) is 0 Å². The van der Waals surface area contributed by atoms with Gasteiger partial charge in [-0.25, -0.2) is 0 Å². The molecule has 4 heteroatoms. The van der Waals surface area contributed by atoms with Gasteiger partial charge in [0.2, 0.25) is 0 Å². The van der Waals surface area contributed by atoms with E-state index in [1.165, 1.54) is 24.8 Å². The molecule has 2 saturated carbocycles. The van der Waals surface area contributed by atoms with Crippen LogP contribution in [0.25, 0.3) is 0 Å². The monoisotopic (exact) mass is 377 g/mol. The first-order chi connectivity index (χ1) is 13.7. The van der Waals surface area contributed by atoms with Crippen molar-refractivity contribution in [3.05, 3.63) is 65.7 Å². The molecule has 2 fully saturated rings. The third kappa shape index (κ3) is 4.61. The van der Waals surface area contributed by atoms with Crippen LogP contribution >= 0.6 is 0 Å². The van der Waals surface area contributed by atoms with Crippen molar-refractivity contribution in [2.75, 3.05) is 11.9 Å². The van der Waals surface area contributed by atoms with E-state index in [2.05, 4.69) is 17.4 Å². The van der Waals surface area contributed by atoms with Gasteiger partial charge in [0.1, 0.15) is 0 Å². The summed E-state index contributed by atoms with van der Waals surface area (Å²) in [5, 5.41) is 2.89. The van der Waals surface area contributed by atoms with Crippen LogP contribution in [0.1, 0.15) is 43.2 Å². The van der Waals surface area contributed by atoms with Crippen LogP contribution in [0.2, 0.25) is 0 Å². The Balaban J connectivity index is 1.27. The van der Waals surface area contributed by atoms with Crippen molar-refractivity contribution in [2.45, 2.75) is 38.5 Å². The van der Waals surface area contributed by atoms with E-state index >= 15 is 0 Å². The van der Waals surface area contributed by atoms with Gasteiger partial charge in [-0.2, -0.15) is 0 Å². The van der Waals surface area contributed by atoms with Gasteiger partial charge >= 0.3 is 5.97 Å². The highest BCUT2D eigenvalue weighted by Crippen LogP contribution is 2.49. The number of fused-ring (bicyclic) bond motifs is 2. The van der Waals surface area contributed by atoms with Crippen LogP contribution in [0.5, 0.6) is 0 Å². The molecular weight excluding hydrogens is 350 g/mol. The average molecular weight is 377 g/mol. The van der Waals surface area contributed by atoms with E-state index in [-0.39, 0.29) is 18.5 Å². The molecule has 0 heterocycles. The maximum absolute atomic E-state index is 12.3. The lowest BCUT2D eigenvalue weighted by atomic mass is 9.86. The maximum atomic E-state index is 12.3. The number of anilines is 1. The second kappa shape index (κ2) is 8.59. The Bertz CT molecular complexity index is 833. The van der Waals surface area contributed by atoms with Gasteiger partial charge in [0.15, 0.2) is 6.61 Å². The lowest BCUT2D eigenvalue weighted by Gasteiger charge is -2.20. The Morgan fingerprint density at radius 2 is 1.75 bits per heavy atom. The van der Waals surface area contributed by atoms with E-state index < -0.39 is 0 Å². The van der Waals surface area contributed by atoms with Gasteiger partial charge in [0.05, 0.1) is 0 Å². The van der Waals surface area contributed by atoms with Crippen molar-refractivity contribution in [3.63, 3.8) is 0 Å². The average Bonchev–Trinajstić information content (AvgIpc) is 3.32. The molecule has 3 atom stereocenters. The Morgan fingerprint density at radius 3 is 2.50 bits per heavy atom. The fraction of sp³-hybridized carbons (Fsp3) is 0.417. The molecule has 4 rings (SSSR count). The van der Waals surface area contributed by atoms with E-state index in [9.17, 15) is 9.59 Å². The zero-order valence-electron chi connectivity index (χ0n) is 16.1. The summed E-state index contributed by atoms with van der Waals surface area (Å²) in [4.78, 5) is 24.4. The lowest BCUT2D eigenvalue weighted by Crippen LogP contribution is -2.23. The van der Waals surface area contributed by atoms with Crippen LogP contribution in [0.3, 0.4) is 0 Å². The SMILES string of the molecule is O=C(COC(=O)C[C@@H]1C[C@H]2CC[C@H]1C2)Nc1ccccc1Cc1ccccc1. The summed E-state index contributed by atoms with van der Waals surface area (Å²) in [7, 11) is 0. The standard InChI is InChI=1S/C24H27NO3/c26-23(16-28-24(27)15-21-14-18-10-11-19(21)13-18)25-22-9-5-4-8-20(22)12-17-6-2-1-3-7-17/h1-9,18-19,21H,10-16H2,(H,25,26)/t18-,19-,21-/m0/s1. The number of para-hydroxylation sites is 1. The summed E-state index contributed by atoms with van der Waals surface area (Å²) in [5.41, 5.74) is 2.98.